The summed E-state index contributed by atoms with van der Waals surface area (Å²) in [5, 5.41) is 0. The Kier molecular flexibility index (Phi) is 2.79. The maximum atomic E-state index is 11.1. The number of oxazole rings is 1. The van der Waals surface area contributed by atoms with Gasteiger partial charge in [-0.3, -0.25) is 4.98 Å². The summed E-state index contributed by atoms with van der Waals surface area (Å²) in [6, 6.07) is 5.42. The van der Waals surface area contributed by atoms with Crippen molar-refractivity contribution in [1.29, 1.82) is 0 Å². The van der Waals surface area contributed by atoms with Crippen molar-refractivity contribution in [1.82, 2.24) is 14.5 Å². The fourth-order valence-electron chi connectivity index (χ4n) is 1.99. The van der Waals surface area contributed by atoms with Crippen LogP contribution in [0.2, 0.25) is 0 Å². The molecule has 6 nitrogen and oxygen atoms in total. The fraction of sp³-hybridized carbons (Fsp3) is 0.167. The molecule has 1 aromatic carbocycles. The van der Waals surface area contributed by atoms with E-state index < -0.39 is 5.76 Å². The number of fused-ring (bicyclic) bond motifs is 1. The lowest BCUT2D eigenvalue weighted by Crippen LogP contribution is -2.04. The van der Waals surface area contributed by atoms with Gasteiger partial charge in [-0.25, -0.2) is 9.78 Å². The van der Waals surface area contributed by atoms with Crippen molar-refractivity contribution >= 4 is 27.0 Å². The first-order valence-electron chi connectivity index (χ1n) is 5.64. The van der Waals surface area contributed by atoms with Crippen molar-refractivity contribution in [3.8, 4) is 11.3 Å². The molecule has 2 heterocycles. The quantitative estimate of drug-likeness (QED) is 0.752. The maximum Gasteiger partial charge on any atom is 0.417 e. The number of hydrogen-bond acceptors (Lipinski definition) is 4. The molecule has 0 saturated heterocycles. The van der Waals surface area contributed by atoms with Crippen molar-refractivity contribution < 1.29 is 4.42 Å². The van der Waals surface area contributed by atoms with Crippen LogP contribution in [0.3, 0.4) is 0 Å². The Hall–Kier alpha value is -1.86. The number of aromatic amines is 1. The van der Waals surface area contributed by atoms with Crippen LogP contribution in [0.4, 0.5) is 0 Å². The summed E-state index contributed by atoms with van der Waals surface area (Å²) in [5.74, 6) is 0.317. The first-order chi connectivity index (χ1) is 9.10. The molecule has 0 unspecified atom stereocenters. The topological polar surface area (TPSA) is 89.8 Å². The Morgan fingerprint density at radius 2 is 2.32 bits per heavy atom. The number of rotatable bonds is 2. The Morgan fingerprint density at radius 3 is 3.00 bits per heavy atom. The Balaban J connectivity index is 2.21. The normalized spacial score (nSPS) is 11.3. The van der Waals surface area contributed by atoms with Gasteiger partial charge in [0.2, 0.25) is 0 Å². The van der Waals surface area contributed by atoms with Crippen LogP contribution in [-0.2, 0) is 13.6 Å². The van der Waals surface area contributed by atoms with E-state index in [0.29, 0.717) is 17.6 Å². The zero-order chi connectivity index (χ0) is 13.6. The van der Waals surface area contributed by atoms with E-state index in [1.807, 2.05) is 23.7 Å². The van der Waals surface area contributed by atoms with E-state index in [2.05, 4.69) is 25.9 Å². The first-order valence-corrected chi connectivity index (χ1v) is 6.44. The SMILES string of the molecule is Cn1c(CN)nc(-c2ccc3oc(=O)[nH]c3c2)c1Br. The lowest BCUT2D eigenvalue weighted by molar-refractivity contribution is 0.555. The molecule has 0 spiro atoms. The van der Waals surface area contributed by atoms with Crippen LogP contribution in [0.1, 0.15) is 5.82 Å². The molecule has 0 fully saturated rings. The second-order valence-electron chi connectivity index (χ2n) is 4.16. The highest BCUT2D eigenvalue weighted by Gasteiger charge is 2.14. The zero-order valence-electron chi connectivity index (χ0n) is 10.1. The lowest BCUT2D eigenvalue weighted by Gasteiger charge is -1.99. The molecule has 0 aliphatic rings. The van der Waals surface area contributed by atoms with Crippen molar-refractivity contribution in [3.63, 3.8) is 0 Å². The molecule has 0 radical (unpaired) electrons. The van der Waals surface area contributed by atoms with E-state index in [0.717, 1.165) is 21.7 Å². The summed E-state index contributed by atoms with van der Waals surface area (Å²) in [4.78, 5) is 18.2. The predicted octanol–water partition coefficient (Wildman–Crippen LogP) is 1.74. The highest BCUT2D eigenvalue weighted by molar-refractivity contribution is 9.10. The Labute approximate surface area is 116 Å². The van der Waals surface area contributed by atoms with Gasteiger partial charge >= 0.3 is 5.76 Å². The van der Waals surface area contributed by atoms with E-state index in [4.69, 9.17) is 10.2 Å². The monoisotopic (exact) mass is 322 g/mol. The molecule has 3 rings (SSSR count). The summed E-state index contributed by atoms with van der Waals surface area (Å²) < 4.78 is 7.70. The molecule has 3 N–H and O–H groups in total. The van der Waals surface area contributed by atoms with Gasteiger partial charge in [-0.15, -0.1) is 0 Å². The number of halogens is 1. The third-order valence-electron chi connectivity index (χ3n) is 2.99. The largest absolute Gasteiger partial charge is 0.417 e. The summed E-state index contributed by atoms with van der Waals surface area (Å²) >= 11 is 3.50. The minimum absolute atomic E-state index is 0.361. The molecule has 7 heteroatoms. The van der Waals surface area contributed by atoms with Crippen LogP contribution >= 0.6 is 15.9 Å². The van der Waals surface area contributed by atoms with Gasteiger partial charge in [0.1, 0.15) is 16.1 Å². The predicted molar refractivity (Wildman–Crippen MR) is 74.6 cm³/mol. The standard InChI is InChI=1S/C12H11BrN4O2/c1-17-9(5-14)16-10(11(17)13)6-2-3-8-7(4-6)15-12(18)19-8/h2-4H,5,14H2,1H3,(H,15,18). The Bertz CT molecular complexity index is 815. The van der Waals surface area contributed by atoms with Crippen molar-refractivity contribution in [2.75, 3.05) is 0 Å². The van der Waals surface area contributed by atoms with Crippen LogP contribution < -0.4 is 11.5 Å². The molecule has 3 aromatic rings. The maximum absolute atomic E-state index is 11.1. The van der Waals surface area contributed by atoms with Crippen LogP contribution in [0.5, 0.6) is 0 Å². The van der Waals surface area contributed by atoms with E-state index in [1.165, 1.54) is 0 Å². The Morgan fingerprint density at radius 1 is 1.53 bits per heavy atom. The van der Waals surface area contributed by atoms with Gasteiger partial charge in [0, 0.05) is 12.6 Å². The van der Waals surface area contributed by atoms with Crippen molar-refractivity contribution in [2.45, 2.75) is 6.54 Å². The van der Waals surface area contributed by atoms with Crippen LogP contribution in [0, 0.1) is 0 Å². The second kappa shape index (κ2) is 4.36. The van der Waals surface area contributed by atoms with Gasteiger partial charge in [-0.2, -0.15) is 0 Å². The number of nitrogens with two attached hydrogens (primary N) is 1. The number of imidazole rings is 1. The van der Waals surface area contributed by atoms with Gasteiger partial charge < -0.3 is 14.7 Å². The molecule has 0 atom stereocenters. The van der Waals surface area contributed by atoms with Crippen molar-refractivity contribution in [2.24, 2.45) is 12.8 Å². The first kappa shape index (κ1) is 12.2. The number of benzene rings is 1. The summed E-state index contributed by atoms with van der Waals surface area (Å²) in [5.41, 5.74) is 8.48. The molecule has 19 heavy (non-hydrogen) atoms. The second-order valence-corrected chi connectivity index (χ2v) is 4.91. The number of nitrogens with one attached hydrogen (secondary N) is 1. The average molecular weight is 323 g/mol. The molecular weight excluding hydrogens is 312 g/mol. The minimum Gasteiger partial charge on any atom is -0.408 e. The zero-order valence-corrected chi connectivity index (χ0v) is 11.7. The van der Waals surface area contributed by atoms with E-state index in [9.17, 15) is 4.79 Å². The highest BCUT2D eigenvalue weighted by atomic mass is 79.9. The highest BCUT2D eigenvalue weighted by Crippen LogP contribution is 2.29. The smallest absolute Gasteiger partial charge is 0.408 e. The van der Waals surface area contributed by atoms with Gasteiger partial charge in [-0.1, -0.05) is 0 Å². The molecule has 0 amide bonds. The van der Waals surface area contributed by atoms with Crippen LogP contribution in [0.25, 0.3) is 22.4 Å². The van der Waals surface area contributed by atoms with E-state index >= 15 is 0 Å². The van der Waals surface area contributed by atoms with E-state index in [1.54, 1.807) is 6.07 Å². The lowest BCUT2D eigenvalue weighted by atomic mass is 10.1. The third-order valence-corrected chi connectivity index (χ3v) is 3.90. The van der Waals surface area contributed by atoms with Crippen LogP contribution in [0.15, 0.2) is 32.0 Å². The third kappa shape index (κ3) is 1.91. The summed E-state index contributed by atoms with van der Waals surface area (Å²) in [7, 11) is 1.89. The summed E-state index contributed by atoms with van der Waals surface area (Å²) in [6.45, 7) is 0.361. The van der Waals surface area contributed by atoms with Gasteiger partial charge in [-0.05, 0) is 34.1 Å². The molecular formula is C12H11BrN4O2. The summed E-state index contributed by atoms with van der Waals surface area (Å²) in [6.07, 6.45) is 0. The number of nitrogens with zero attached hydrogens (tertiary/aromatic N) is 2. The molecule has 0 saturated carbocycles. The van der Waals surface area contributed by atoms with Crippen molar-refractivity contribution in [3.05, 3.63) is 39.2 Å². The molecule has 2 aromatic heterocycles. The van der Waals surface area contributed by atoms with Gasteiger partial charge in [0.15, 0.2) is 5.58 Å². The van der Waals surface area contributed by atoms with E-state index in [-0.39, 0.29) is 0 Å². The number of H-pyrrole nitrogens is 1. The molecule has 0 bridgehead atoms. The van der Waals surface area contributed by atoms with Gasteiger partial charge in [0.25, 0.3) is 0 Å². The van der Waals surface area contributed by atoms with Gasteiger partial charge in [0.05, 0.1) is 12.1 Å². The number of aromatic nitrogens is 3. The molecule has 98 valence electrons. The molecule has 0 aliphatic heterocycles. The van der Waals surface area contributed by atoms with Crippen LogP contribution in [-0.4, -0.2) is 14.5 Å². The minimum atomic E-state index is -0.463. The number of hydrogen-bond donors (Lipinski definition) is 2. The fourth-order valence-corrected chi connectivity index (χ4v) is 2.51. The average Bonchev–Trinajstić information content (AvgIpc) is 2.90. The molecule has 0 aliphatic carbocycles.